The lowest BCUT2D eigenvalue weighted by Gasteiger charge is -2.41. The molecular formula is C22H40O4S. The number of unbranched alkanes of at least 4 members (excludes halogenated alkanes) is 4. The van der Waals surface area contributed by atoms with Crippen LogP contribution in [0.15, 0.2) is 0 Å². The van der Waals surface area contributed by atoms with Gasteiger partial charge in [-0.05, 0) is 38.0 Å². The zero-order valence-corrected chi connectivity index (χ0v) is 18.6. The van der Waals surface area contributed by atoms with Crippen molar-refractivity contribution in [2.45, 2.75) is 109 Å². The van der Waals surface area contributed by atoms with Crippen molar-refractivity contribution < 1.29 is 19.8 Å². The van der Waals surface area contributed by atoms with E-state index in [1.54, 1.807) is 11.8 Å². The number of carboxylic acid groups (broad SMARTS) is 1. The Morgan fingerprint density at radius 1 is 1.15 bits per heavy atom. The lowest BCUT2D eigenvalue weighted by Crippen LogP contribution is -2.44. The zero-order valence-electron chi connectivity index (χ0n) is 17.8. The van der Waals surface area contributed by atoms with E-state index < -0.39 is 11.6 Å². The molecular weight excluding hydrogens is 360 g/mol. The second-order valence-electron chi connectivity index (χ2n) is 9.07. The number of hydrogen-bond donors (Lipinski definition) is 2. The Kier molecular flexibility index (Phi) is 10.4. The Hall–Kier alpha value is -0.550. The van der Waals surface area contributed by atoms with E-state index in [-0.39, 0.29) is 17.8 Å². The Morgan fingerprint density at radius 3 is 2.44 bits per heavy atom. The average Bonchev–Trinajstić information content (AvgIpc) is 2.94. The van der Waals surface area contributed by atoms with Gasteiger partial charge in [0, 0.05) is 29.8 Å². The van der Waals surface area contributed by atoms with Gasteiger partial charge in [-0.2, -0.15) is 11.8 Å². The van der Waals surface area contributed by atoms with Crippen LogP contribution in [0.3, 0.4) is 0 Å². The molecule has 0 radical (unpaired) electrons. The highest BCUT2D eigenvalue weighted by Crippen LogP contribution is 2.42. The van der Waals surface area contributed by atoms with Crippen molar-refractivity contribution in [1.29, 1.82) is 0 Å². The summed E-state index contributed by atoms with van der Waals surface area (Å²) in [5.41, 5.74) is -0.863. The normalized spacial score (nSPS) is 22.8. The van der Waals surface area contributed by atoms with Crippen LogP contribution >= 0.6 is 11.8 Å². The standard InChI is InChI=1S/C22H40O4S/c1-5-6-15-21(2,3)22(4,26)16-27-19-14-13-18(23)17(19)11-9-7-8-10-12-20(24)25/h17,19,26H,5-16H2,1-4H3,(H,24,25). The Morgan fingerprint density at radius 2 is 1.81 bits per heavy atom. The summed E-state index contributed by atoms with van der Waals surface area (Å²) in [6.45, 7) is 8.43. The minimum absolute atomic E-state index is 0.115. The predicted octanol–water partition coefficient (Wildman–Crippen LogP) is 5.46. The van der Waals surface area contributed by atoms with Crippen LogP contribution in [-0.4, -0.2) is 38.6 Å². The molecule has 0 saturated heterocycles. The first kappa shape index (κ1) is 24.5. The van der Waals surface area contributed by atoms with Gasteiger partial charge in [0.2, 0.25) is 0 Å². The molecule has 0 aliphatic heterocycles. The van der Waals surface area contributed by atoms with Gasteiger partial charge in [-0.1, -0.05) is 52.9 Å². The molecule has 27 heavy (non-hydrogen) atoms. The van der Waals surface area contributed by atoms with E-state index in [1.165, 1.54) is 0 Å². The highest BCUT2D eigenvalue weighted by molar-refractivity contribution is 8.00. The van der Waals surface area contributed by atoms with Crippen molar-refractivity contribution in [3.63, 3.8) is 0 Å². The SMILES string of the molecule is CCCCC(C)(C)C(C)(O)CSC1CCC(=O)C1CCCCCCC(=O)O. The highest BCUT2D eigenvalue weighted by atomic mass is 32.2. The number of ketones is 1. The van der Waals surface area contributed by atoms with Crippen molar-refractivity contribution in [2.24, 2.45) is 11.3 Å². The van der Waals surface area contributed by atoms with Gasteiger partial charge in [-0.3, -0.25) is 9.59 Å². The van der Waals surface area contributed by atoms with E-state index in [0.717, 1.165) is 57.8 Å². The van der Waals surface area contributed by atoms with E-state index in [1.807, 2.05) is 6.92 Å². The van der Waals surface area contributed by atoms with Gasteiger partial charge in [-0.25, -0.2) is 0 Å². The van der Waals surface area contributed by atoms with Crippen molar-refractivity contribution >= 4 is 23.5 Å². The van der Waals surface area contributed by atoms with Crippen molar-refractivity contribution in [3.8, 4) is 0 Å². The van der Waals surface area contributed by atoms with Crippen LogP contribution in [0.5, 0.6) is 0 Å². The molecule has 1 rings (SSSR count). The molecule has 2 N–H and O–H groups in total. The molecule has 0 bridgehead atoms. The lowest BCUT2D eigenvalue weighted by molar-refractivity contribution is -0.137. The summed E-state index contributed by atoms with van der Waals surface area (Å²) in [4.78, 5) is 22.8. The maximum atomic E-state index is 12.3. The minimum atomic E-state index is -0.736. The quantitative estimate of drug-likeness (QED) is 0.379. The molecule has 0 heterocycles. The van der Waals surface area contributed by atoms with E-state index in [0.29, 0.717) is 23.2 Å². The Labute approximate surface area is 169 Å². The fourth-order valence-corrected chi connectivity index (χ4v) is 5.51. The molecule has 4 nitrogen and oxygen atoms in total. The van der Waals surface area contributed by atoms with Crippen molar-refractivity contribution in [3.05, 3.63) is 0 Å². The number of carbonyl (C=O) groups excluding carboxylic acids is 1. The maximum Gasteiger partial charge on any atom is 0.303 e. The van der Waals surface area contributed by atoms with Gasteiger partial charge in [-0.15, -0.1) is 0 Å². The predicted molar refractivity (Wildman–Crippen MR) is 113 cm³/mol. The van der Waals surface area contributed by atoms with Gasteiger partial charge in [0.25, 0.3) is 0 Å². The molecule has 1 saturated carbocycles. The Bertz CT molecular complexity index is 473. The number of aliphatic hydroxyl groups is 1. The third-order valence-electron chi connectivity index (χ3n) is 6.39. The number of aliphatic carboxylic acids is 1. The van der Waals surface area contributed by atoms with Gasteiger partial charge in [0.1, 0.15) is 5.78 Å². The first-order valence-corrected chi connectivity index (χ1v) is 11.7. The second kappa shape index (κ2) is 11.5. The van der Waals surface area contributed by atoms with Crippen LogP contribution in [0.4, 0.5) is 0 Å². The molecule has 0 amide bonds. The molecule has 0 aromatic heterocycles. The third kappa shape index (κ3) is 8.15. The van der Waals surface area contributed by atoms with Gasteiger partial charge in [0.15, 0.2) is 0 Å². The highest BCUT2D eigenvalue weighted by Gasteiger charge is 2.41. The van der Waals surface area contributed by atoms with E-state index in [9.17, 15) is 14.7 Å². The summed E-state index contributed by atoms with van der Waals surface area (Å²) in [6, 6.07) is 0. The summed E-state index contributed by atoms with van der Waals surface area (Å²) in [7, 11) is 0. The molecule has 158 valence electrons. The Balaban J connectivity index is 2.44. The van der Waals surface area contributed by atoms with Gasteiger partial charge in [0.05, 0.1) is 5.60 Å². The molecule has 0 aromatic carbocycles. The smallest absolute Gasteiger partial charge is 0.303 e. The summed E-state index contributed by atoms with van der Waals surface area (Å²) in [5.74, 6) is 0.440. The van der Waals surface area contributed by atoms with Gasteiger partial charge < -0.3 is 10.2 Å². The first-order valence-electron chi connectivity index (χ1n) is 10.7. The van der Waals surface area contributed by atoms with Crippen LogP contribution in [0.1, 0.15) is 98.3 Å². The van der Waals surface area contributed by atoms with Gasteiger partial charge >= 0.3 is 5.97 Å². The summed E-state index contributed by atoms with van der Waals surface area (Å²) >= 11 is 1.79. The number of carbonyl (C=O) groups is 2. The molecule has 1 fully saturated rings. The maximum absolute atomic E-state index is 12.3. The number of rotatable bonds is 14. The van der Waals surface area contributed by atoms with E-state index in [4.69, 9.17) is 5.11 Å². The number of carboxylic acids is 1. The fourth-order valence-electron chi connectivity index (χ4n) is 3.77. The second-order valence-corrected chi connectivity index (χ2v) is 10.3. The summed E-state index contributed by atoms with van der Waals surface area (Å²) in [6.07, 6.45) is 9.66. The first-order chi connectivity index (χ1) is 12.6. The van der Waals surface area contributed by atoms with Crippen LogP contribution in [0.2, 0.25) is 0 Å². The molecule has 3 unspecified atom stereocenters. The number of hydrogen-bond acceptors (Lipinski definition) is 4. The average molecular weight is 401 g/mol. The minimum Gasteiger partial charge on any atom is -0.481 e. The molecule has 1 aliphatic carbocycles. The van der Waals surface area contributed by atoms with E-state index >= 15 is 0 Å². The monoisotopic (exact) mass is 400 g/mol. The van der Waals surface area contributed by atoms with Crippen LogP contribution in [-0.2, 0) is 9.59 Å². The largest absolute Gasteiger partial charge is 0.481 e. The van der Waals surface area contributed by atoms with Crippen molar-refractivity contribution in [2.75, 3.05) is 5.75 Å². The molecule has 0 aromatic rings. The fraction of sp³-hybridized carbons (Fsp3) is 0.909. The molecule has 3 atom stereocenters. The number of Topliss-reactive ketones (excluding diaryl/α,β-unsaturated/α-hetero) is 1. The van der Waals surface area contributed by atoms with Crippen LogP contribution in [0.25, 0.3) is 0 Å². The summed E-state index contributed by atoms with van der Waals surface area (Å²) < 4.78 is 0. The molecule has 1 aliphatic rings. The van der Waals surface area contributed by atoms with Crippen LogP contribution < -0.4 is 0 Å². The third-order valence-corrected chi connectivity index (χ3v) is 8.11. The summed E-state index contributed by atoms with van der Waals surface area (Å²) in [5, 5.41) is 20.0. The molecule has 5 heteroatoms. The van der Waals surface area contributed by atoms with Crippen molar-refractivity contribution in [1.82, 2.24) is 0 Å². The molecule has 0 spiro atoms. The lowest BCUT2D eigenvalue weighted by atomic mass is 9.73. The topological polar surface area (TPSA) is 74.6 Å². The number of thioether (sulfide) groups is 1. The van der Waals surface area contributed by atoms with E-state index in [2.05, 4.69) is 20.8 Å². The zero-order chi connectivity index (χ0) is 20.5. The van der Waals surface area contributed by atoms with Crippen LogP contribution in [0, 0.1) is 11.3 Å².